The van der Waals surface area contributed by atoms with E-state index in [-0.39, 0.29) is 0 Å². The molecule has 10 aromatic carbocycles. The summed E-state index contributed by atoms with van der Waals surface area (Å²) < 4.78 is 2.43. The average molecular weight is 794 g/mol. The maximum atomic E-state index is 5.30. The van der Waals surface area contributed by atoms with Gasteiger partial charge in [0.2, 0.25) is 0 Å². The van der Waals surface area contributed by atoms with Gasteiger partial charge in [0, 0.05) is 36.9 Å². The number of thiophene rings is 1. The van der Waals surface area contributed by atoms with Gasteiger partial charge in [0.25, 0.3) is 0 Å². The average Bonchev–Trinajstić information content (AvgIpc) is 3.73. The molecule has 0 radical (unpaired) electrons. The number of aromatic nitrogens is 3. The highest BCUT2D eigenvalue weighted by Crippen LogP contribution is 2.43. The van der Waals surface area contributed by atoms with Crippen LogP contribution in [-0.2, 0) is 0 Å². The minimum atomic E-state index is 0.650. The number of rotatable bonds is 6. The van der Waals surface area contributed by atoms with Gasteiger partial charge in [-0.3, -0.25) is 0 Å². The van der Waals surface area contributed by atoms with Gasteiger partial charge in [-0.15, -0.1) is 11.3 Å². The number of nitrogens with zero attached hydrogens (tertiary/aromatic N) is 3. The Labute approximate surface area is 356 Å². The standard InChI is InChI=1S/C57H35N3S/c1-3-14-36(15-4-1)37-26-28-38(29-27-37)40-30-31-41-35-52(45-21-10-9-20-44(45)51(41)34-40)46-32-33-49(43-19-8-7-18-42(43)46)56-58-55(39-16-5-2-6-17-39)59-57(60-56)50-24-13-23-48-47-22-11-12-25-53(47)61-54(48)50/h1-35H. The van der Waals surface area contributed by atoms with E-state index >= 15 is 0 Å². The second kappa shape index (κ2) is 14.5. The third-order valence-corrected chi connectivity index (χ3v) is 13.2. The van der Waals surface area contributed by atoms with Crippen LogP contribution in [0, 0.1) is 0 Å². The van der Waals surface area contributed by atoms with Gasteiger partial charge in [-0.05, 0) is 96.0 Å². The van der Waals surface area contributed by atoms with Gasteiger partial charge in [-0.25, -0.2) is 15.0 Å². The van der Waals surface area contributed by atoms with E-state index in [1.807, 2.05) is 18.2 Å². The third kappa shape index (κ3) is 6.07. The third-order valence-electron chi connectivity index (χ3n) is 12.0. The first-order valence-corrected chi connectivity index (χ1v) is 21.4. The molecule has 0 fully saturated rings. The van der Waals surface area contributed by atoms with Gasteiger partial charge < -0.3 is 0 Å². The molecule has 0 unspecified atom stereocenters. The van der Waals surface area contributed by atoms with E-state index in [1.165, 1.54) is 75.1 Å². The summed E-state index contributed by atoms with van der Waals surface area (Å²) in [4.78, 5) is 15.7. The number of hydrogen-bond acceptors (Lipinski definition) is 4. The molecule has 0 N–H and O–H groups in total. The van der Waals surface area contributed by atoms with Crippen LogP contribution >= 0.6 is 11.3 Å². The summed E-state index contributed by atoms with van der Waals surface area (Å²) in [6, 6.07) is 75.9. The Hall–Kier alpha value is -7.79. The Balaban J connectivity index is 1.01. The van der Waals surface area contributed by atoms with Crippen molar-refractivity contribution in [2.75, 3.05) is 0 Å². The lowest BCUT2D eigenvalue weighted by atomic mass is 9.88. The fourth-order valence-electron chi connectivity index (χ4n) is 8.97. The van der Waals surface area contributed by atoms with Gasteiger partial charge in [0.05, 0.1) is 0 Å². The molecular formula is C57H35N3S. The number of benzene rings is 10. The molecule has 61 heavy (non-hydrogen) atoms. The molecule has 2 heterocycles. The molecule has 0 atom stereocenters. The van der Waals surface area contributed by atoms with E-state index in [1.54, 1.807) is 11.3 Å². The normalized spacial score (nSPS) is 11.6. The molecule has 0 spiro atoms. The van der Waals surface area contributed by atoms with Gasteiger partial charge in [0.1, 0.15) is 0 Å². The molecule has 0 aliphatic rings. The SMILES string of the molecule is c1ccc(-c2ccc(-c3ccc4cc(-c5ccc(-c6nc(-c7ccccc7)nc(-c7cccc8c7sc7ccccc78)n6)c6ccccc56)c5ccccc5c4c3)cc2)cc1. The molecule has 0 amide bonds. The van der Waals surface area contributed by atoms with E-state index in [0.717, 1.165) is 27.5 Å². The predicted molar refractivity (Wildman–Crippen MR) is 258 cm³/mol. The lowest BCUT2D eigenvalue weighted by Gasteiger charge is -2.16. The van der Waals surface area contributed by atoms with Crippen LogP contribution in [0.4, 0.5) is 0 Å². The summed E-state index contributed by atoms with van der Waals surface area (Å²) in [5, 5.41) is 9.60. The van der Waals surface area contributed by atoms with E-state index in [4.69, 9.17) is 15.0 Å². The highest BCUT2D eigenvalue weighted by molar-refractivity contribution is 7.26. The molecule has 3 nitrogen and oxygen atoms in total. The van der Waals surface area contributed by atoms with Crippen molar-refractivity contribution in [2.45, 2.75) is 0 Å². The lowest BCUT2D eigenvalue weighted by molar-refractivity contribution is 1.08. The van der Waals surface area contributed by atoms with Crippen molar-refractivity contribution in [3.05, 3.63) is 212 Å². The van der Waals surface area contributed by atoms with Crippen LogP contribution in [-0.4, -0.2) is 15.0 Å². The zero-order chi connectivity index (χ0) is 40.3. The largest absolute Gasteiger partial charge is 0.208 e. The zero-order valence-corrected chi connectivity index (χ0v) is 33.8. The molecule has 0 saturated heterocycles. The Morgan fingerprint density at radius 1 is 0.262 bits per heavy atom. The van der Waals surface area contributed by atoms with E-state index < -0.39 is 0 Å². The lowest BCUT2D eigenvalue weighted by Crippen LogP contribution is -2.01. The topological polar surface area (TPSA) is 38.7 Å². The van der Waals surface area contributed by atoms with Crippen LogP contribution < -0.4 is 0 Å². The van der Waals surface area contributed by atoms with Crippen LogP contribution in [0.5, 0.6) is 0 Å². The Morgan fingerprint density at radius 3 is 1.51 bits per heavy atom. The molecule has 12 rings (SSSR count). The summed E-state index contributed by atoms with van der Waals surface area (Å²) in [6.45, 7) is 0. The Kier molecular flexibility index (Phi) is 8.36. The first-order chi connectivity index (χ1) is 30.2. The minimum absolute atomic E-state index is 0.650. The molecule has 2 aromatic heterocycles. The van der Waals surface area contributed by atoms with Crippen molar-refractivity contribution >= 4 is 63.8 Å². The fourth-order valence-corrected chi connectivity index (χ4v) is 10.2. The van der Waals surface area contributed by atoms with Gasteiger partial charge in [0.15, 0.2) is 17.5 Å². The second-order valence-electron chi connectivity index (χ2n) is 15.5. The van der Waals surface area contributed by atoms with E-state index in [9.17, 15) is 0 Å². The molecule has 0 bridgehead atoms. The van der Waals surface area contributed by atoms with Crippen molar-refractivity contribution in [1.29, 1.82) is 0 Å². The Morgan fingerprint density at radius 2 is 0.770 bits per heavy atom. The summed E-state index contributed by atoms with van der Waals surface area (Å²) in [6.07, 6.45) is 0. The smallest absolute Gasteiger partial charge is 0.165 e. The van der Waals surface area contributed by atoms with Crippen molar-refractivity contribution in [3.8, 4) is 67.5 Å². The van der Waals surface area contributed by atoms with Crippen molar-refractivity contribution in [2.24, 2.45) is 0 Å². The van der Waals surface area contributed by atoms with Gasteiger partial charge >= 0.3 is 0 Å². The summed E-state index contributed by atoms with van der Waals surface area (Å²) in [5.41, 5.74) is 10.1. The molecule has 12 aromatic rings. The fraction of sp³-hybridized carbons (Fsp3) is 0. The zero-order valence-electron chi connectivity index (χ0n) is 33.0. The quantitative estimate of drug-likeness (QED) is 0.157. The van der Waals surface area contributed by atoms with Crippen molar-refractivity contribution in [1.82, 2.24) is 15.0 Å². The summed E-state index contributed by atoms with van der Waals surface area (Å²) in [7, 11) is 0. The predicted octanol–water partition coefficient (Wildman–Crippen LogP) is 15.7. The highest BCUT2D eigenvalue weighted by atomic mass is 32.1. The van der Waals surface area contributed by atoms with Crippen LogP contribution in [0.25, 0.3) is 120 Å². The monoisotopic (exact) mass is 793 g/mol. The van der Waals surface area contributed by atoms with Crippen LogP contribution in [0.3, 0.4) is 0 Å². The first kappa shape index (κ1) is 35.2. The maximum Gasteiger partial charge on any atom is 0.165 e. The minimum Gasteiger partial charge on any atom is -0.208 e. The number of hydrogen-bond donors (Lipinski definition) is 0. The van der Waals surface area contributed by atoms with Crippen molar-refractivity contribution < 1.29 is 0 Å². The van der Waals surface area contributed by atoms with E-state index in [2.05, 4.69) is 194 Å². The molecular weight excluding hydrogens is 759 g/mol. The van der Waals surface area contributed by atoms with Crippen molar-refractivity contribution in [3.63, 3.8) is 0 Å². The van der Waals surface area contributed by atoms with E-state index in [0.29, 0.717) is 17.5 Å². The molecule has 0 saturated carbocycles. The maximum absolute atomic E-state index is 5.30. The van der Waals surface area contributed by atoms with Gasteiger partial charge in [-0.1, -0.05) is 182 Å². The van der Waals surface area contributed by atoms with Crippen LogP contribution in [0.2, 0.25) is 0 Å². The molecule has 4 heteroatoms. The summed E-state index contributed by atoms with van der Waals surface area (Å²) >= 11 is 1.79. The molecule has 0 aliphatic heterocycles. The Bertz CT molecular complexity index is 3630. The highest BCUT2D eigenvalue weighted by Gasteiger charge is 2.20. The molecule has 0 aliphatic carbocycles. The second-order valence-corrected chi connectivity index (χ2v) is 16.6. The van der Waals surface area contributed by atoms with Gasteiger partial charge in [-0.2, -0.15) is 0 Å². The van der Waals surface area contributed by atoms with Crippen LogP contribution in [0.15, 0.2) is 212 Å². The summed E-state index contributed by atoms with van der Waals surface area (Å²) in [5.74, 6) is 1.97. The number of fused-ring (bicyclic) bond motifs is 7. The first-order valence-electron chi connectivity index (χ1n) is 20.6. The van der Waals surface area contributed by atoms with Crippen LogP contribution in [0.1, 0.15) is 0 Å². The molecule has 284 valence electrons.